The summed E-state index contributed by atoms with van der Waals surface area (Å²) in [4.78, 5) is 9.22. The van der Waals surface area contributed by atoms with Gasteiger partial charge in [0.05, 0.1) is 6.04 Å². The molecule has 0 saturated carbocycles. The van der Waals surface area contributed by atoms with Gasteiger partial charge < -0.3 is 4.52 Å². The van der Waals surface area contributed by atoms with Gasteiger partial charge in [-0.15, -0.1) is 0 Å². The molecule has 2 heterocycles. The molecule has 1 aliphatic heterocycles. The summed E-state index contributed by atoms with van der Waals surface area (Å²) in [5.74, 6) is 1.13. The third-order valence-corrected chi connectivity index (χ3v) is 5.42. The van der Waals surface area contributed by atoms with Crippen LogP contribution < -0.4 is 0 Å². The van der Waals surface area contributed by atoms with E-state index in [1.165, 1.54) is 11.6 Å². The van der Waals surface area contributed by atoms with Gasteiger partial charge in [-0.2, -0.15) is 4.98 Å². The molecular weight excluding hydrogens is 355 g/mol. The van der Waals surface area contributed by atoms with Crippen molar-refractivity contribution in [3.8, 4) is 11.4 Å². The Bertz CT molecular complexity index is 916. The van der Waals surface area contributed by atoms with Gasteiger partial charge in [-0.05, 0) is 19.9 Å². The smallest absolute Gasteiger partial charge is 0.244 e. The van der Waals surface area contributed by atoms with Crippen molar-refractivity contribution in [1.29, 1.82) is 0 Å². The van der Waals surface area contributed by atoms with Crippen LogP contribution in [-0.4, -0.2) is 46.1 Å². The quantitative estimate of drug-likeness (QED) is 0.668. The zero-order chi connectivity index (χ0) is 19.5. The lowest BCUT2D eigenvalue weighted by Crippen LogP contribution is -2.46. The van der Waals surface area contributed by atoms with Gasteiger partial charge in [0, 0.05) is 43.9 Å². The number of rotatable bonds is 5. The van der Waals surface area contributed by atoms with Crippen LogP contribution in [0.25, 0.3) is 11.4 Å². The van der Waals surface area contributed by atoms with Crippen LogP contribution in [-0.2, 0) is 6.54 Å². The van der Waals surface area contributed by atoms with Gasteiger partial charge in [0.15, 0.2) is 0 Å². The van der Waals surface area contributed by atoms with Crippen molar-refractivity contribution in [2.75, 3.05) is 26.2 Å². The number of hydrogen-bond donors (Lipinski definition) is 0. The molecule has 0 radical (unpaired) electrons. The largest absolute Gasteiger partial charge is 0.337 e. The second-order valence-corrected chi connectivity index (χ2v) is 7.40. The van der Waals surface area contributed by atoms with E-state index in [0.717, 1.165) is 37.3 Å². The average Bonchev–Trinajstić information content (AvgIpc) is 3.20. The number of halogens is 1. The highest BCUT2D eigenvalue weighted by Gasteiger charge is 2.26. The average molecular weight is 380 g/mol. The number of hydrogen-bond acceptors (Lipinski definition) is 5. The fourth-order valence-electron chi connectivity index (χ4n) is 3.56. The molecule has 0 aliphatic carbocycles. The van der Waals surface area contributed by atoms with Crippen LogP contribution in [0, 0.1) is 12.7 Å². The zero-order valence-corrected chi connectivity index (χ0v) is 16.3. The minimum atomic E-state index is -0.132. The maximum Gasteiger partial charge on any atom is 0.244 e. The molecule has 0 bridgehead atoms. The number of piperazine rings is 1. The standard InChI is InChI=1S/C22H25FN4O/c1-16-7-9-18(10-8-16)21-24-22(28-25-21)17(2)27-13-11-26(12-14-27)15-19-5-3-4-6-20(19)23/h3-10,17H,11-15H2,1-2H3/t17-/m1/s1. The lowest BCUT2D eigenvalue weighted by atomic mass is 10.1. The van der Waals surface area contributed by atoms with E-state index >= 15 is 0 Å². The van der Waals surface area contributed by atoms with Crippen LogP contribution in [0.3, 0.4) is 0 Å². The molecule has 0 unspecified atom stereocenters. The molecule has 6 heteroatoms. The molecule has 0 N–H and O–H groups in total. The van der Waals surface area contributed by atoms with E-state index in [2.05, 4.69) is 33.8 Å². The van der Waals surface area contributed by atoms with Crippen molar-refractivity contribution >= 4 is 0 Å². The normalized spacial score (nSPS) is 17.0. The second-order valence-electron chi connectivity index (χ2n) is 7.40. The summed E-state index contributed by atoms with van der Waals surface area (Å²) in [7, 11) is 0. The molecule has 3 aromatic rings. The van der Waals surface area contributed by atoms with Crippen LogP contribution in [0.2, 0.25) is 0 Å². The summed E-state index contributed by atoms with van der Waals surface area (Å²) in [5.41, 5.74) is 2.92. The second kappa shape index (κ2) is 8.20. The van der Waals surface area contributed by atoms with E-state index in [4.69, 9.17) is 4.52 Å². The highest BCUT2D eigenvalue weighted by molar-refractivity contribution is 5.54. The Balaban J connectivity index is 1.36. The Labute approximate surface area is 164 Å². The van der Waals surface area contributed by atoms with Gasteiger partial charge in [-0.3, -0.25) is 9.80 Å². The van der Waals surface area contributed by atoms with Gasteiger partial charge >= 0.3 is 0 Å². The highest BCUT2D eigenvalue weighted by Crippen LogP contribution is 2.24. The molecule has 28 heavy (non-hydrogen) atoms. The molecule has 146 valence electrons. The monoisotopic (exact) mass is 380 g/mol. The summed E-state index contributed by atoms with van der Waals surface area (Å²) < 4.78 is 19.4. The van der Waals surface area contributed by atoms with Gasteiger partial charge in [0.2, 0.25) is 11.7 Å². The van der Waals surface area contributed by atoms with E-state index in [1.807, 2.05) is 36.4 Å². The molecule has 1 atom stereocenters. The minimum absolute atomic E-state index is 0.0577. The first kappa shape index (κ1) is 18.8. The first-order chi connectivity index (χ1) is 13.6. The highest BCUT2D eigenvalue weighted by atomic mass is 19.1. The van der Waals surface area contributed by atoms with Crippen LogP contribution in [0.15, 0.2) is 53.1 Å². The first-order valence-electron chi connectivity index (χ1n) is 9.70. The van der Waals surface area contributed by atoms with Crippen molar-refractivity contribution in [2.45, 2.75) is 26.4 Å². The number of benzene rings is 2. The summed E-state index contributed by atoms with van der Waals surface area (Å²) in [5, 5.41) is 4.15. The van der Waals surface area contributed by atoms with Crippen molar-refractivity contribution in [3.63, 3.8) is 0 Å². The molecule has 4 rings (SSSR count). The third kappa shape index (κ3) is 4.13. The van der Waals surface area contributed by atoms with Crippen molar-refractivity contribution in [3.05, 3.63) is 71.4 Å². The molecule has 2 aromatic carbocycles. The Kier molecular flexibility index (Phi) is 5.50. The van der Waals surface area contributed by atoms with Gasteiger partial charge in [0.25, 0.3) is 0 Å². The fourth-order valence-corrected chi connectivity index (χ4v) is 3.56. The minimum Gasteiger partial charge on any atom is -0.337 e. The lowest BCUT2D eigenvalue weighted by Gasteiger charge is -2.36. The van der Waals surface area contributed by atoms with Gasteiger partial charge in [-0.1, -0.05) is 53.2 Å². The molecule has 0 spiro atoms. The Hall–Kier alpha value is -2.57. The van der Waals surface area contributed by atoms with E-state index < -0.39 is 0 Å². The Morgan fingerprint density at radius 1 is 1.04 bits per heavy atom. The summed E-state index contributed by atoms with van der Waals surface area (Å²) in [6.07, 6.45) is 0. The van der Waals surface area contributed by atoms with Crippen molar-refractivity contribution in [2.24, 2.45) is 0 Å². The predicted molar refractivity (Wildman–Crippen MR) is 106 cm³/mol. The Morgan fingerprint density at radius 3 is 2.46 bits per heavy atom. The topological polar surface area (TPSA) is 45.4 Å². The number of nitrogens with zero attached hydrogens (tertiary/aromatic N) is 4. The SMILES string of the molecule is Cc1ccc(-c2noc([C@@H](C)N3CCN(Cc4ccccc4F)CC3)n2)cc1. The maximum absolute atomic E-state index is 13.9. The van der Waals surface area contributed by atoms with E-state index in [1.54, 1.807) is 6.07 Å². The molecule has 5 nitrogen and oxygen atoms in total. The molecule has 1 aliphatic rings. The summed E-state index contributed by atoms with van der Waals surface area (Å²) in [6, 6.07) is 15.2. The Morgan fingerprint density at radius 2 is 1.75 bits per heavy atom. The molecule has 1 aromatic heterocycles. The summed E-state index contributed by atoms with van der Waals surface area (Å²) in [6.45, 7) is 8.34. The van der Waals surface area contributed by atoms with E-state index in [-0.39, 0.29) is 11.9 Å². The molecular formula is C22H25FN4O. The van der Waals surface area contributed by atoms with Gasteiger partial charge in [0.1, 0.15) is 5.82 Å². The summed E-state index contributed by atoms with van der Waals surface area (Å²) >= 11 is 0. The van der Waals surface area contributed by atoms with E-state index in [0.29, 0.717) is 18.3 Å². The fraction of sp³-hybridized carbons (Fsp3) is 0.364. The molecule has 1 fully saturated rings. The van der Waals surface area contributed by atoms with Crippen molar-refractivity contribution < 1.29 is 8.91 Å². The third-order valence-electron chi connectivity index (χ3n) is 5.42. The van der Waals surface area contributed by atoms with Gasteiger partial charge in [-0.25, -0.2) is 4.39 Å². The number of aryl methyl sites for hydroxylation is 1. The predicted octanol–water partition coefficient (Wildman–Crippen LogP) is 4.06. The maximum atomic E-state index is 13.9. The number of aromatic nitrogens is 2. The van der Waals surface area contributed by atoms with E-state index in [9.17, 15) is 4.39 Å². The molecule has 0 amide bonds. The lowest BCUT2D eigenvalue weighted by molar-refractivity contribution is 0.0839. The first-order valence-corrected chi connectivity index (χ1v) is 9.70. The zero-order valence-electron chi connectivity index (χ0n) is 16.3. The van der Waals surface area contributed by atoms with Crippen molar-refractivity contribution in [1.82, 2.24) is 19.9 Å². The van der Waals surface area contributed by atoms with Crippen LogP contribution >= 0.6 is 0 Å². The molecule has 1 saturated heterocycles. The van der Waals surface area contributed by atoms with Crippen LogP contribution in [0.4, 0.5) is 4.39 Å². The van der Waals surface area contributed by atoms with Crippen LogP contribution in [0.1, 0.15) is 30.0 Å². The van der Waals surface area contributed by atoms with Crippen LogP contribution in [0.5, 0.6) is 0 Å².